The summed E-state index contributed by atoms with van der Waals surface area (Å²) >= 11 is 3.37. The zero-order valence-electron chi connectivity index (χ0n) is 8.30. The molecule has 1 heterocycles. The molecule has 4 heteroatoms. The lowest BCUT2D eigenvalue weighted by atomic mass is 10.1. The molecule has 0 aliphatic carbocycles. The summed E-state index contributed by atoms with van der Waals surface area (Å²) in [6.07, 6.45) is 0. The zero-order valence-corrected chi connectivity index (χ0v) is 9.88. The summed E-state index contributed by atoms with van der Waals surface area (Å²) < 4.78 is 6.25. The van der Waals surface area contributed by atoms with Crippen molar-refractivity contribution >= 4 is 32.9 Å². The minimum atomic E-state index is -1.03. The highest BCUT2D eigenvalue weighted by molar-refractivity contribution is 9.10. The Morgan fingerprint density at radius 2 is 2.07 bits per heavy atom. The number of carboxylic acid groups (broad SMARTS) is 1. The van der Waals surface area contributed by atoms with Crippen LogP contribution in [-0.2, 0) is 0 Å². The summed E-state index contributed by atoms with van der Waals surface area (Å²) in [6, 6.07) is 3.77. The van der Waals surface area contributed by atoms with E-state index < -0.39 is 5.97 Å². The molecular formula is C11H9BrO3. The molecule has 0 saturated carbocycles. The van der Waals surface area contributed by atoms with E-state index in [1.807, 2.05) is 19.1 Å². The van der Waals surface area contributed by atoms with Gasteiger partial charge >= 0.3 is 5.97 Å². The van der Waals surface area contributed by atoms with E-state index in [2.05, 4.69) is 15.9 Å². The third-order valence-electron chi connectivity index (χ3n) is 2.38. The molecule has 0 atom stereocenters. The van der Waals surface area contributed by atoms with Gasteiger partial charge in [-0.05, 0) is 31.5 Å². The first-order valence-electron chi connectivity index (χ1n) is 4.43. The number of benzene rings is 1. The lowest BCUT2D eigenvalue weighted by Gasteiger charge is -1.96. The van der Waals surface area contributed by atoms with Gasteiger partial charge in [0.15, 0.2) is 0 Å². The van der Waals surface area contributed by atoms with Gasteiger partial charge < -0.3 is 9.52 Å². The summed E-state index contributed by atoms with van der Waals surface area (Å²) in [7, 11) is 0. The second-order valence-electron chi connectivity index (χ2n) is 3.46. The Bertz CT molecular complexity index is 554. The Morgan fingerprint density at radius 1 is 1.40 bits per heavy atom. The van der Waals surface area contributed by atoms with Crippen LogP contribution in [-0.4, -0.2) is 11.1 Å². The van der Waals surface area contributed by atoms with E-state index in [9.17, 15) is 4.79 Å². The van der Waals surface area contributed by atoms with Crippen molar-refractivity contribution in [2.75, 3.05) is 0 Å². The van der Waals surface area contributed by atoms with Crippen LogP contribution in [0.2, 0.25) is 0 Å². The van der Waals surface area contributed by atoms with Gasteiger partial charge in [-0.15, -0.1) is 0 Å². The summed E-state index contributed by atoms with van der Waals surface area (Å²) in [5.74, 6) is -1.01. The van der Waals surface area contributed by atoms with Gasteiger partial charge in [0.25, 0.3) is 0 Å². The minimum absolute atomic E-state index is 0.0196. The Hall–Kier alpha value is -1.29. The van der Waals surface area contributed by atoms with Crippen molar-refractivity contribution in [1.82, 2.24) is 0 Å². The normalized spacial score (nSPS) is 10.9. The molecule has 2 aromatic rings. The third kappa shape index (κ3) is 1.55. The molecule has 15 heavy (non-hydrogen) atoms. The molecule has 78 valence electrons. The van der Waals surface area contributed by atoms with Crippen LogP contribution in [0.5, 0.6) is 0 Å². The molecule has 0 amide bonds. The first-order valence-corrected chi connectivity index (χ1v) is 5.22. The lowest BCUT2D eigenvalue weighted by Crippen LogP contribution is -1.95. The molecule has 0 aliphatic rings. The van der Waals surface area contributed by atoms with Crippen LogP contribution in [0, 0.1) is 13.8 Å². The fraction of sp³-hybridized carbons (Fsp3) is 0.182. The number of halogens is 1. The Kier molecular flexibility index (Phi) is 2.31. The van der Waals surface area contributed by atoms with Gasteiger partial charge in [-0.3, -0.25) is 0 Å². The predicted octanol–water partition coefficient (Wildman–Crippen LogP) is 3.51. The van der Waals surface area contributed by atoms with Crippen molar-refractivity contribution in [3.8, 4) is 0 Å². The van der Waals surface area contributed by atoms with E-state index in [4.69, 9.17) is 9.52 Å². The molecule has 2 rings (SSSR count). The maximum atomic E-state index is 10.9. The van der Waals surface area contributed by atoms with Crippen molar-refractivity contribution < 1.29 is 14.3 Å². The average Bonchev–Trinajstić information content (AvgIpc) is 2.44. The third-order valence-corrected chi connectivity index (χ3v) is 2.84. The predicted molar refractivity (Wildman–Crippen MR) is 60.3 cm³/mol. The molecule has 1 N–H and O–H groups in total. The number of hydrogen-bond acceptors (Lipinski definition) is 2. The monoisotopic (exact) mass is 268 g/mol. The van der Waals surface area contributed by atoms with Gasteiger partial charge in [-0.25, -0.2) is 4.79 Å². The van der Waals surface area contributed by atoms with Gasteiger partial charge in [0.05, 0.1) is 0 Å². The molecule has 1 aromatic carbocycles. The number of hydrogen-bond donors (Lipinski definition) is 1. The van der Waals surface area contributed by atoms with E-state index in [-0.39, 0.29) is 5.76 Å². The first kappa shape index (κ1) is 10.2. The average molecular weight is 269 g/mol. The fourth-order valence-electron chi connectivity index (χ4n) is 1.65. The minimum Gasteiger partial charge on any atom is -0.475 e. The molecule has 0 bridgehead atoms. The highest BCUT2D eigenvalue weighted by Crippen LogP contribution is 2.30. The van der Waals surface area contributed by atoms with E-state index >= 15 is 0 Å². The van der Waals surface area contributed by atoms with Gasteiger partial charge in [0.1, 0.15) is 5.58 Å². The number of rotatable bonds is 1. The lowest BCUT2D eigenvalue weighted by molar-refractivity contribution is 0.0664. The van der Waals surface area contributed by atoms with Crippen molar-refractivity contribution in [2.24, 2.45) is 0 Å². The van der Waals surface area contributed by atoms with Crippen LogP contribution >= 0.6 is 15.9 Å². The molecule has 0 radical (unpaired) electrons. The highest BCUT2D eigenvalue weighted by atomic mass is 79.9. The van der Waals surface area contributed by atoms with E-state index in [0.29, 0.717) is 11.1 Å². The number of furan rings is 1. The molecule has 0 spiro atoms. The van der Waals surface area contributed by atoms with E-state index in [1.54, 1.807) is 6.92 Å². The summed E-state index contributed by atoms with van der Waals surface area (Å²) in [4.78, 5) is 10.9. The van der Waals surface area contributed by atoms with Gasteiger partial charge in [-0.2, -0.15) is 0 Å². The standard InChI is InChI=1S/C11H9BrO3/c1-5-3-7(12)4-8-6(2)10(11(13)14)15-9(5)8/h3-4H,1-2H3,(H,13,14). The van der Waals surface area contributed by atoms with E-state index in [0.717, 1.165) is 15.4 Å². The van der Waals surface area contributed by atoms with Crippen LogP contribution in [0.3, 0.4) is 0 Å². The molecule has 0 fully saturated rings. The SMILES string of the molecule is Cc1c(C(=O)O)oc2c(C)cc(Br)cc12. The Morgan fingerprint density at radius 3 is 2.67 bits per heavy atom. The zero-order chi connectivity index (χ0) is 11.2. The smallest absolute Gasteiger partial charge is 0.372 e. The van der Waals surface area contributed by atoms with Crippen LogP contribution < -0.4 is 0 Å². The number of aromatic carboxylic acids is 1. The molecule has 0 unspecified atom stereocenters. The maximum absolute atomic E-state index is 10.9. The van der Waals surface area contributed by atoms with Crippen molar-refractivity contribution in [3.05, 3.63) is 33.5 Å². The van der Waals surface area contributed by atoms with Crippen LogP contribution in [0.1, 0.15) is 21.7 Å². The van der Waals surface area contributed by atoms with Crippen molar-refractivity contribution in [3.63, 3.8) is 0 Å². The van der Waals surface area contributed by atoms with E-state index in [1.165, 1.54) is 0 Å². The molecule has 3 nitrogen and oxygen atoms in total. The molecular weight excluding hydrogens is 260 g/mol. The Labute approximate surface area is 94.8 Å². The first-order chi connectivity index (χ1) is 7.00. The molecule has 0 aliphatic heterocycles. The maximum Gasteiger partial charge on any atom is 0.372 e. The largest absolute Gasteiger partial charge is 0.475 e. The highest BCUT2D eigenvalue weighted by Gasteiger charge is 2.17. The number of aryl methyl sites for hydroxylation is 2. The topological polar surface area (TPSA) is 50.4 Å². The quantitative estimate of drug-likeness (QED) is 0.861. The Balaban J connectivity index is 2.88. The van der Waals surface area contributed by atoms with Gasteiger partial charge in [-0.1, -0.05) is 15.9 Å². The van der Waals surface area contributed by atoms with Crippen molar-refractivity contribution in [2.45, 2.75) is 13.8 Å². The number of fused-ring (bicyclic) bond motifs is 1. The van der Waals surface area contributed by atoms with Crippen molar-refractivity contribution in [1.29, 1.82) is 0 Å². The second-order valence-corrected chi connectivity index (χ2v) is 4.38. The van der Waals surface area contributed by atoms with Crippen LogP contribution in [0.4, 0.5) is 0 Å². The molecule has 1 aromatic heterocycles. The van der Waals surface area contributed by atoms with Gasteiger partial charge in [0.2, 0.25) is 5.76 Å². The van der Waals surface area contributed by atoms with Crippen LogP contribution in [0.25, 0.3) is 11.0 Å². The summed E-state index contributed by atoms with van der Waals surface area (Å²) in [6.45, 7) is 3.64. The number of carbonyl (C=O) groups is 1. The fourth-order valence-corrected chi connectivity index (χ4v) is 2.22. The summed E-state index contributed by atoms with van der Waals surface area (Å²) in [5.41, 5.74) is 2.24. The van der Waals surface area contributed by atoms with Crippen LogP contribution in [0.15, 0.2) is 21.0 Å². The number of carboxylic acids is 1. The summed E-state index contributed by atoms with van der Waals surface area (Å²) in [5, 5.41) is 9.77. The van der Waals surface area contributed by atoms with Gasteiger partial charge in [0, 0.05) is 15.4 Å². The molecule has 0 saturated heterocycles. The second kappa shape index (κ2) is 3.38.